The van der Waals surface area contributed by atoms with Crippen LogP contribution in [0.5, 0.6) is 11.5 Å². The fourth-order valence-corrected chi connectivity index (χ4v) is 5.04. The summed E-state index contributed by atoms with van der Waals surface area (Å²) in [4.78, 5) is 0.0191. The summed E-state index contributed by atoms with van der Waals surface area (Å²) in [6.45, 7) is 0.592. The van der Waals surface area contributed by atoms with E-state index in [9.17, 15) is 8.42 Å². The van der Waals surface area contributed by atoms with Crippen molar-refractivity contribution in [3.63, 3.8) is 0 Å². The summed E-state index contributed by atoms with van der Waals surface area (Å²) < 4.78 is 38.0. The smallest absolute Gasteiger partial charge is 0.244 e. The number of methoxy groups -OCH3 is 2. The predicted octanol–water partition coefficient (Wildman–Crippen LogP) is 3.76. The van der Waals surface area contributed by atoms with E-state index in [1.807, 2.05) is 12.1 Å². The molecule has 0 atom stereocenters. The van der Waals surface area contributed by atoms with Crippen LogP contribution in [0.2, 0.25) is 10.0 Å². The van der Waals surface area contributed by atoms with Crippen LogP contribution in [0.15, 0.2) is 35.2 Å². The molecule has 0 unspecified atom stereocenters. The number of nitrogens with zero attached hydrogens (tertiary/aromatic N) is 1. The lowest BCUT2D eigenvalue weighted by molar-refractivity contribution is 0.348. The molecule has 0 N–H and O–H groups in total. The molecule has 8 heteroatoms. The molecule has 2 aromatic carbocycles. The van der Waals surface area contributed by atoms with Crippen molar-refractivity contribution in [2.75, 3.05) is 20.8 Å². The molecule has 0 aliphatic carbocycles. The van der Waals surface area contributed by atoms with E-state index < -0.39 is 10.0 Å². The largest absolute Gasteiger partial charge is 0.493 e. The van der Waals surface area contributed by atoms with Crippen LogP contribution in [0.25, 0.3) is 0 Å². The topological polar surface area (TPSA) is 55.8 Å². The summed E-state index contributed by atoms with van der Waals surface area (Å²) in [5.74, 6) is 1.21. The highest BCUT2D eigenvalue weighted by Crippen LogP contribution is 2.36. The van der Waals surface area contributed by atoms with Gasteiger partial charge in [-0.15, -0.1) is 0 Å². The molecule has 25 heavy (non-hydrogen) atoms. The number of hydrogen-bond donors (Lipinski definition) is 0. The number of ether oxygens (including phenoxy) is 2. The zero-order valence-corrected chi connectivity index (χ0v) is 16.1. The molecule has 1 heterocycles. The van der Waals surface area contributed by atoms with Crippen molar-refractivity contribution in [3.05, 3.63) is 51.5 Å². The molecule has 1 aliphatic heterocycles. The lowest BCUT2D eigenvalue weighted by Crippen LogP contribution is -2.36. The average molecular weight is 402 g/mol. The Hall–Kier alpha value is -1.47. The number of fused-ring (bicyclic) bond motifs is 1. The molecule has 5 nitrogen and oxygen atoms in total. The third-order valence-electron chi connectivity index (χ3n) is 4.22. The van der Waals surface area contributed by atoms with Crippen molar-refractivity contribution in [1.29, 1.82) is 0 Å². The minimum Gasteiger partial charge on any atom is -0.493 e. The van der Waals surface area contributed by atoms with Gasteiger partial charge in [-0.05, 0) is 41.8 Å². The maximum atomic E-state index is 13.0. The predicted molar refractivity (Wildman–Crippen MR) is 97.3 cm³/mol. The van der Waals surface area contributed by atoms with Crippen LogP contribution in [0.1, 0.15) is 11.1 Å². The van der Waals surface area contributed by atoms with Crippen LogP contribution in [-0.4, -0.2) is 33.5 Å². The van der Waals surface area contributed by atoms with Crippen molar-refractivity contribution in [2.45, 2.75) is 17.9 Å². The summed E-state index contributed by atoms with van der Waals surface area (Å²) in [6.07, 6.45) is 0.576. The highest BCUT2D eigenvalue weighted by Gasteiger charge is 2.31. The second-order valence-electron chi connectivity index (χ2n) is 5.62. The Bertz CT molecular complexity index is 915. The van der Waals surface area contributed by atoms with Gasteiger partial charge in [0.25, 0.3) is 0 Å². The molecule has 0 bridgehead atoms. The highest BCUT2D eigenvalue weighted by molar-refractivity contribution is 7.89. The van der Waals surface area contributed by atoms with E-state index in [1.165, 1.54) is 10.4 Å². The lowest BCUT2D eigenvalue weighted by Gasteiger charge is -2.29. The quantitative estimate of drug-likeness (QED) is 0.782. The van der Waals surface area contributed by atoms with Crippen molar-refractivity contribution >= 4 is 33.2 Å². The van der Waals surface area contributed by atoms with Crippen LogP contribution in [-0.2, 0) is 23.0 Å². The first-order chi connectivity index (χ1) is 11.9. The summed E-state index contributed by atoms with van der Waals surface area (Å²) in [6, 6.07) is 8.31. The molecule has 0 aromatic heterocycles. The van der Waals surface area contributed by atoms with Crippen molar-refractivity contribution in [2.24, 2.45) is 0 Å². The number of benzene rings is 2. The van der Waals surface area contributed by atoms with Gasteiger partial charge in [0.05, 0.1) is 24.3 Å². The second-order valence-corrected chi connectivity index (χ2v) is 8.31. The fourth-order valence-electron chi connectivity index (χ4n) is 2.88. The van der Waals surface area contributed by atoms with Crippen molar-refractivity contribution in [1.82, 2.24) is 4.31 Å². The summed E-state index contributed by atoms with van der Waals surface area (Å²) >= 11 is 12.1. The Balaban J connectivity index is 1.98. The van der Waals surface area contributed by atoms with Gasteiger partial charge in [0.15, 0.2) is 11.5 Å². The summed E-state index contributed by atoms with van der Waals surface area (Å²) in [5.41, 5.74) is 1.92. The Morgan fingerprint density at radius 3 is 2.32 bits per heavy atom. The lowest BCUT2D eigenvalue weighted by atomic mass is 10.0. The third kappa shape index (κ3) is 3.31. The number of rotatable bonds is 4. The third-order valence-corrected chi connectivity index (χ3v) is 7.04. The minimum absolute atomic E-state index is 0.0191. The second kappa shape index (κ2) is 7.03. The van der Waals surface area contributed by atoms with Crippen molar-refractivity contribution in [3.8, 4) is 11.5 Å². The average Bonchev–Trinajstić information content (AvgIpc) is 2.62. The van der Waals surface area contributed by atoms with Gasteiger partial charge < -0.3 is 9.47 Å². The molecule has 134 valence electrons. The monoisotopic (exact) mass is 401 g/mol. The standard InChI is InChI=1S/C17H17Cl2NO4S/c1-23-14-8-11-6-7-20(10-12(11)9-15(14)24-2)25(21,22)16-5-3-4-13(18)17(16)19/h3-5,8-9H,6-7,10H2,1-2H3. The molecule has 0 amide bonds. The Morgan fingerprint density at radius 1 is 1.04 bits per heavy atom. The van der Waals surface area contributed by atoms with Gasteiger partial charge in [-0.25, -0.2) is 8.42 Å². The summed E-state index contributed by atoms with van der Waals surface area (Å²) in [7, 11) is -0.625. The Morgan fingerprint density at radius 2 is 1.68 bits per heavy atom. The Labute approximate surface area is 157 Å². The maximum Gasteiger partial charge on any atom is 0.244 e. The first-order valence-corrected chi connectivity index (χ1v) is 9.76. The van der Waals surface area contributed by atoms with E-state index in [-0.39, 0.29) is 21.5 Å². The van der Waals surface area contributed by atoms with Crippen LogP contribution >= 0.6 is 23.2 Å². The van der Waals surface area contributed by atoms with E-state index in [0.717, 1.165) is 11.1 Å². The normalized spacial score (nSPS) is 14.9. The van der Waals surface area contributed by atoms with Gasteiger partial charge in [0, 0.05) is 13.1 Å². The van der Waals surface area contributed by atoms with Gasteiger partial charge in [-0.1, -0.05) is 29.3 Å². The SMILES string of the molecule is COc1cc2c(cc1OC)CN(S(=O)(=O)c1cccc(Cl)c1Cl)CC2. The van der Waals surface area contributed by atoms with Crippen LogP contribution in [0.3, 0.4) is 0 Å². The van der Waals surface area contributed by atoms with Gasteiger partial charge >= 0.3 is 0 Å². The van der Waals surface area contributed by atoms with E-state index in [0.29, 0.717) is 24.5 Å². The molecule has 1 aliphatic rings. The molecule has 2 aromatic rings. The molecule has 3 rings (SSSR count). The Kier molecular flexibility index (Phi) is 5.16. The number of sulfonamides is 1. The zero-order chi connectivity index (χ0) is 18.2. The van der Waals surface area contributed by atoms with E-state index >= 15 is 0 Å². The zero-order valence-electron chi connectivity index (χ0n) is 13.8. The highest BCUT2D eigenvalue weighted by atomic mass is 35.5. The van der Waals surface area contributed by atoms with Crippen LogP contribution < -0.4 is 9.47 Å². The first kappa shape index (κ1) is 18.3. The number of hydrogen-bond acceptors (Lipinski definition) is 4. The minimum atomic E-state index is -3.75. The molecule has 0 fully saturated rings. The van der Waals surface area contributed by atoms with Crippen LogP contribution in [0.4, 0.5) is 0 Å². The summed E-state index contributed by atoms with van der Waals surface area (Å²) in [5, 5.41) is 0.258. The first-order valence-electron chi connectivity index (χ1n) is 7.56. The fraction of sp³-hybridized carbons (Fsp3) is 0.294. The van der Waals surface area contributed by atoms with Crippen LogP contribution in [0, 0.1) is 0 Å². The molecule has 0 saturated carbocycles. The van der Waals surface area contributed by atoms with E-state index in [2.05, 4.69) is 0 Å². The van der Waals surface area contributed by atoms with Gasteiger partial charge in [0.1, 0.15) is 4.90 Å². The molecular weight excluding hydrogens is 385 g/mol. The molecule has 0 saturated heterocycles. The van der Waals surface area contributed by atoms with Crippen molar-refractivity contribution < 1.29 is 17.9 Å². The molecular formula is C17H17Cl2NO4S. The molecule has 0 radical (unpaired) electrons. The van der Waals surface area contributed by atoms with Gasteiger partial charge in [-0.2, -0.15) is 4.31 Å². The number of halogens is 2. The van der Waals surface area contributed by atoms with E-state index in [1.54, 1.807) is 26.4 Å². The van der Waals surface area contributed by atoms with E-state index in [4.69, 9.17) is 32.7 Å². The maximum absolute atomic E-state index is 13.0. The van der Waals surface area contributed by atoms with Gasteiger partial charge in [-0.3, -0.25) is 0 Å². The molecule has 0 spiro atoms. The van der Waals surface area contributed by atoms with Gasteiger partial charge in [0.2, 0.25) is 10.0 Å².